The normalized spacial score (nSPS) is 17.1. The maximum Gasteiger partial charge on any atom is 0.270 e. The average molecular weight is 380 g/mol. The van der Waals surface area contributed by atoms with Gasteiger partial charge in [0.2, 0.25) is 0 Å². The lowest BCUT2D eigenvalue weighted by molar-refractivity contribution is -0.384. The van der Waals surface area contributed by atoms with Gasteiger partial charge in [-0.15, -0.1) is 0 Å². The Hall–Kier alpha value is -3.26. The summed E-state index contributed by atoms with van der Waals surface area (Å²) in [6, 6.07) is 11.4. The summed E-state index contributed by atoms with van der Waals surface area (Å²) in [4.78, 5) is 31.0. The van der Waals surface area contributed by atoms with Gasteiger partial charge in [0.05, 0.1) is 34.7 Å². The molecule has 1 aromatic heterocycles. The van der Waals surface area contributed by atoms with Crippen LogP contribution in [0.5, 0.6) is 5.75 Å². The number of methoxy groups -OCH3 is 1. The summed E-state index contributed by atoms with van der Waals surface area (Å²) in [6.07, 6.45) is 1.93. The van der Waals surface area contributed by atoms with E-state index in [0.29, 0.717) is 22.8 Å². The van der Waals surface area contributed by atoms with Crippen molar-refractivity contribution in [3.8, 4) is 11.4 Å². The van der Waals surface area contributed by atoms with Gasteiger partial charge in [-0.2, -0.15) is 0 Å². The molecule has 0 saturated carbocycles. The molecular weight excluding hydrogens is 360 g/mol. The predicted octanol–water partition coefficient (Wildman–Crippen LogP) is 3.07. The molecule has 1 aliphatic rings. The van der Waals surface area contributed by atoms with E-state index in [1.807, 2.05) is 7.05 Å². The van der Waals surface area contributed by atoms with Crippen LogP contribution in [0.25, 0.3) is 16.6 Å². The molecule has 0 radical (unpaired) electrons. The van der Waals surface area contributed by atoms with Crippen molar-refractivity contribution in [3.63, 3.8) is 0 Å². The second-order valence-corrected chi connectivity index (χ2v) is 6.91. The standard InChI is InChI=1S/C20H20N4O4/c1-22-11-3-4-18(22)19-21-17-10-7-14(24(26)27)12-16(17)20(25)23(19)13-5-8-15(28-2)9-6-13/h5-10,12,18H,3-4,11H2,1-2H3/t18-/m1/s1. The summed E-state index contributed by atoms with van der Waals surface area (Å²) in [5.74, 6) is 1.33. The fourth-order valence-corrected chi connectivity index (χ4v) is 3.75. The van der Waals surface area contributed by atoms with Gasteiger partial charge in [0.1, 0.15) is 11.6 Å². The second kappa shape index (κ2) is 7.05. The summed E-state index contributed by atoms with van der Waals surface area (Å²) >= 11 is 0. The molecule has 0 aliphatic carbocycles. The highest BCUT2D eigenvalue weighted by atomic mass is 16.6. The third-order valence-electron chi connectivity index (χ3n) is 5.24. The molecule has 8 nitrogen and oxygen atoms in total. The van der Waals surface area contributed by atoms with Gasteiger partial charge in [0, 0.05) is 12.1 Å². The van der Waals surface area contributed by atoms with Crippen molar-refractivity contribution in [2.75, 3.05) is 20.7 Å². The van der Waals surface area contributed by atoms with E-state index < -0.39 is 4.92 Å². The van der Waals surface area contributed by atoms with Gasteiger partial charge in [-0.25, -0.2) is 4.98 Å². The number of fused-ring (bicyclic) bond motifs is 1. The van der Waals surface area contributed by atoms with Crippen LogP contribution in [0.2, 0.25) is 0 Å². The largest absolute Gasteiger partial charge is 0.497 e. The molecule has 28 heavy (non-hydrogen) atoms. The Bertz CT molecular complexity index is 1110. The lowest BCUT2D eigenvalue weighted by Crippen LogP contribution is -2.29. The third-order valence-corrected chi connectivity index (χ3v) is 5.24. The number of hydrogen-bond acceptors (Lipinski definition) is 6. The zero-order chi connectivity index (χ0) is 19.8. The van der Waals surface area contributed by atoms with Gasteiger partial charge in [0.25, 0.3) is 11.2 Å². The van der Waals surface area contributed by atoms with Gasteiger partial charge < -0.3 is 4.74 Å². The molecule has 3 aromatic rings. The average Bonchev–Trinajstić information content (AvgIpc) is 3.13. The van der Waals surface area contributed by atoms with Crippen LogP contribution in [0.15, 0.2) is 47.3 Å². The minimum atomic E-state index is -0.505. The lowest BCUT2D eigenvalue weighted by atomic mass is 10.1. The smallest absolute Gasteiger partial charge is 0.270 e. The summed E-state index contributed by atoms with van der Waals surface area (Å²) < 4.78 is 6.78. The predicted molar refractivity (Wildman–Crippen MR) is 105 cm³/mol. The van der Waals surface area contributed by atoms with Gasteiger partial charge in [0.15, 0.2) is 0 Å². The number of nitrogens with zero attached hydrogens (tertiary/aromatic N) is 4. The molecule has 0 N–H and O–H groups in total. The van der Waals surface area contributed by atoms with E-state index in [-0.39, 0.29) is 22.7 Å². The van der Waals surface area contributed by atoms with Crippen molar-refractivity contribution in [2.45, 2.75) is 18.9 Å². The second-order valence-electron chi connectivity index (χ2n) is 6.91. The molecule has 0 amide bonds. The van der Waals surface area contributed by atoms with Crippen LogP contribution in [0.4, 0.5) is 5.69 Å². The number of rotatable bonds is 4. The van der Waals surface area contributed by atoms with Crippen LogP contribution in [0.1, 0.15) is 24.7 Å². The molecule has 4 rings (SSSR count). The first-order chi connectivity index (χ1) is 13.5. The van der Waals surface area contributed by atoms with E-state index in [0.717, 1.165) is 19.4 Å². The van der Waals surface area contributed by atoms with Crippen molar-refractivity contribution >= 4 is 16.6 Å². The van der Waals surface area contributed by atoms with Crippen LogP contribution < -0.4 is 10.3 Å². The molecular formula is C20H20N4O4. The first-order valence-electron chi connectivity index (χ1n) is 9.05. The highest BCUT2D eigenvalue weighted by Crippen LogP contribution is 2.31. The van der Waals surface area contributed by atoms with Crippen LogP contribution in [-0.4, -0.2) is 40.1 Å². The van der Waals surface area contributed by atoms with E-state index >= 15 is 0 Å². The van der Waals surface area contributed by atoms with Crippen molar-refractivity contribution in [1.29, 1.82) is 0 Å². The number of nitro benzene ring substituents is 1. The number of ether oxygens (including phenoxy) is 1. The topological polar surface area (TPSA) is 90.5 Å². The quantitative estimate of drug-likeness (QED) is 0.510. The highest BCUT2D eigenvalue weighted by molar-refractivity contribution is 5.80. The van der Waals surface area contributed by atoms with Crippen LogP contribution in [0.3, 0.4) is 0 Å². The number of aromatic nitrogens is 2. The fourth-order valence-electron chi connectivity index (χ4n) is 3.75. The molecule has 1 atom stereocenters. The minimum Gasteiger partial charge on any atom is -0.497 e. The van der Waals surface area contributed by atoms with Gasteiger partial charge in [-0.05, 0) is 56.8 Å². The number of hydrogen-bond donors (Lipinski definition) is 0. The summed E-state index contributed by atoms with van der Waals surface area (Å²) in [6.45, 7) is 0.932. The van der Waals surface area contributed by atoms with E-state index in [4.69, 9.17) is 9.72 Å². The monoisotopic (exact) mass is 380 g/mol. The Morgan fingerprint density at radius 3 is 2.57 bits per heavy atom. The molecule has 8 heteroatoms. The number of likely N-dealkylation sites (tertiary alicyclic amines) is 1. The highest BCUT2D eigenvalue weighted by Gasteiger charge is 2.28. The van der Waals surface area contributed by atoms with Crippen molar-refractivity contribution in [1.82, 2.24) is 14.5 Å². The Kier molecular flexibility index (Phi) is 4.56. The Morgan fingerprint density at radius 2 is 1.96 bits per heavy atom. The van der Waals surface area contributed by atoms with Crippen LogP contribution in [-0.2, 0) is 0 Å². The van der Waals surface area contributed by atoms with E-state index in [1.54, 1.807) is 42.0 Å². The van der Waals surface area contributed by atoms with E-state index in [1.165, 1.54) is 12.1 Å². The number of non-ortho nitro benzene ring substituents is 1. The van der Waals surface area contributed by atoms with Gasteiger partial charge >= 0.3 is 0 Å². The maximum absolute atomic E-state index is 13.4. The van der Waals surface area contributed by atoms with Crippen LogP contribution in [0, 0.1) is 10.1 Å². The molecule has 1 aliphatic heterocycles. The van der Waals surface area contributed by atoms with Crippen molar-refractivity contribution < 1.29 is 9.66 Å². The van der Waals surface area contributed by atoms with E-state index in [2.05, 4.69) is 4.90 Å². The Morgan fingerprint density at radius 1 is 1.21 bits per heavy atom. The Balaban J connectivity index is 2.00. The third kappa shape index (κ3) is 3.01. The minimum absolute atomic E-state index is 0.00870. The molecule has 0 unspecified atom stereocenters. The number of nitro groups is 1. The van der Waals surface area contributed by atoms with Crippen molar-refractivity contribution in [2.24, 2.45) is 0 Å². The molecule has 144 valence electrons. The molecule has 2 aromatic carbocycles. The number of benzene rings is 2. The summed E-state index contributed by atoms with van der Waals surface area (Å²) in [7, 11) is 3.60. The fraction of sp³-hybridized carbons (Fsp3) is 0.300. The zero-order valence-electron chi connectivity index (χ0n) is 15.7. The van der Waals surface area contributed by atoms with E-state index in [9.17, 15) is 14.9 Å². The molecule has 1 saturated heterocycles. The maximum atomic E-state index is 13.4. The van der Waals surface area contributed by atoms with Crippen LogP contribution >= 0.6 is 0 Å². The molecule has 0 bridgehead atoms. The molecule has 0 spiro atoms. The van der Waals surface area contributed by atoms with Gasteiger partial charge in [-0.1, -0.05) is 0 Å². The molecule has 2 heterocycles. The SMILES string of the molecule is COc1ccc(-n2c([C@H]3CCCN3C)nc3ccc([N+](=O)[O-])cc3c2=O)cc1. The lowest BCUT2D eigenvalue weighted by Gasteiger charge is -2.23. The first kappa shape index (κ1) is 18.1. The molecule has 1 fully saturated rings. The zero-order valence-corrected chi connectivity index (χ0v) is 15.7. The van der Waals surface area contributed by atoms with Gasteiger partial charge in [-0.3, -0.25) is 24.4 Å². The first-order valence-corrected chi connectivity index (χ1v) is 9.05. The summed E-state index contributed by atoms with van der Waals surface area (Å²) in [5, 5.41) is 11.4. The Labute approximate surface area is 161 Å². The summed E-state index contributed by atoms with van der Waals surface area (Å²) in [5.41, 5.74) is 0.685. The van der Waals surface area contributed by atoms with Crippen molar-refractivity contribution in [3.05, 3.63) is 68.8 Å².